The van der Waals surface area contributed by atoms with Crippen molar-refractivity contribution < 1.29 is 23.8 Å². The molecule has 1 aliphatic heterocycles. The molecule has 0 saturated carbocycles. The number of unbranched alkanes of at least 4 members (excludes halogenated alkanes) is 1. The highest BCUT2D eigenvalue weighted by Gasteiger charge is 2.41. The second-order valence-corrected chi connectivity index (χ2v) is 6.80. The van der Waals surface area contributed by atoms with Gasteiger partial charge in [-0.25, -0.2) is 4.79 Å². The zero-order chi connectivity index (χ0) is 19.0. The van der Waals surface area contributed by atoms with E-state index < -0.39 is 11.8 Å². The maximum atomic E-state index is 11.6. The number of oxime groups is 1. The summed E-state index contributed by atoms with van der Waals surface area (Å²) in [6.45, 7) is 7.18. The van der Waals surface area contributed by atoms with Crippen LogP contribution < -0.4 is 0 Å². The minimum atomic E-state index is -1.27. The molecular weight excluding hydrogens is 334 g/mol. The van der Waals surface area contributed by atoms with E-state index in [1.807, 2.05) is 19.1 Å². The van der Waals surface area contributed by atoms with Gasteiger partial charge in [-0.15, -0.1) is 0 Å². The van der Waals surface area contributed by atoms with Crippen molar-refractivity contribution in [1.82, 2.24) is 0 Å². The fourth-order valence-electron chi connectivity index (χ4n) is 2.78. The molecule has 0 atom stereocenters. The summed E-state index contributed by atoms with van der Waals surface area (Å²) in [6.07, 6.45) is 2.86. The Hall–Kier alpha value is -1.92. The van der Waals surface area contributed by atoms with Gasteiger partial charge in [0.25, 0.3) is 5.79 Å². The van der Waals surface area contributed by atoms with Gasteiger partial charge < -0.3 is 19.0 Å². The summed E-state index contributed by atoms with van der Waals surface area (Å²) < 4.78 is 15.8. The molecule has 1 fully saturated rings. The lowest BCUT2D eigenvalue weighted by molar-refractivity contribution is -0.272. The van der Waals surface area contributed by atoms with E-state index in [9.17, 15) is 4.79 Å². The summed E-state index contributed by atoms with van der Waals surface area (Å²) in [7, 11) is 1.33. The van der Waals surface area contributed by atoms with Gasteiger partial charge in [0.05, 0.1) is 26.0 Å². The van der Waals surface area contributed by atoms with Crippen molar-refractivity contribution in [2.24, 2.45) is 11.1 Å². The molecule has 1 aliphatic rings. The molecule has 6 nitrogen and oxygen atoms in total. The van der Waals surface area contributed by atoms with Gasteiger partial charge >= 0.3 is 5.97 Å². The van der Waals surface area contributed by atoms with E-state index in [1.54, 1.807) is 6.92 Å². The van der Waals surface area contributed by atoms with Crippen molar-refractivity contribution in [2.45, 2.75) is 45.8 Å². The summed E-state index contributed by atoms with van der Waals surface area (Å²) in [5.41, 5.74) is 3.16. The van der Waals surface area contributed by atoms with Crippen LogP contribution >= 0.6 is 0 Å². The van der Waals surface area contributed by atoms with Crippen molar-refractivity contribution in [2.75, 3.05) is 26.9 Å². The minimum Gasteiger partial charge on any atom is -0.465 e. The van der Waals surface area contributed by atoms with Crippen LogP contribution in [0.4, 0.5) is 0 Å². The summed E-state index contributed by atoms with van der Waals surface area (Å²) in [5, 5.41) is 4.18. The molecule has 0 aromatic heterocycles. The quantitative estimate of drug-likeness (QED) is 0.306. The van der Waals surface area contributed by atoms with Crippen LogP contribution in [0.3, 0.4) is 0 Å². The predicted molar refractivity (Wildman–Crippen MR) is 99.0 cm³/mol. The molecule has 2 rings (SSSR count). The topological polar surface area (TPSA) is 66.4 Å². The van der Waals surface area contributed by atoms with E-state index >= 15 is 0 Å². The van der Waals surface area contributed by atoms with Gasteiger partial charge in [-0.3, -0.25) is 0 Å². The standard InChI is InChI=1S/C20H29NO5/c1-15-8-7-10-18(12-15)16(2)21-26-11-6-5-9-17-13-24-20(3,25-14-17)19(22)23-4/h7-8,10,12,17H,5-6,9,11,13-14H2,1-4H3. The van der Waals surface area contributed by atoms with Crippen molar-refractivity contribution in [3.8, 4) is 0 Å². The van der Waals surface area contributed by atoms with Crippen LogP contribution in [0.1, 0.15) is 44.2 Å². The van der Waals surface area contributed by atoms with Crippen LogP contribution in [0.15, 0.2) is 29.4 Å². The summed E-state index contributed by atoms with van der Waals surface area (Å²) >= 11 is 0. The molecule has 0 spiro atoms. The van der Waals surface area contributed by atoms with Crippen LogP contribution in [-0.4, -0.2) is 44.4 Å². The molecule has 0 unspecified atom stereocenters. The second-order valence-electron chi connectivity index (χ2n) is 6.80. The maximum Gasteiger partial charge on any atom is 0.366 e. The first-order valence-corrected chi connectivity index (χ1v) is 9.04. The molecule has 144 valence electrons. The largest absolute Gasteiger partial charge is 0.465 e. The average Bonchev–Trinajstić information content (AvgIpc) is 2.65. The van der Waals surface area contributed by atoms with Gasteiger partial charge in [-0.1, -0.05) is 35.0 Å². The first-order valence-electron chi connectivity index (χ1n) is 9.04. The number of aryl methyl sites for hydroxylation is 1. The van der Waals surface area contributed by atoms with Crippen molar-refractivity contribution in [3.63, 3.8) is 0 Å². The molecule has 6 heteroatoms. The highest BCUT2D eigenvalue weighted by atomic mass is 16.7. The Labute approximate surface area is 155 Å². The van der Waals surface area contributed by atoms with Crippen molar-refractivity contribution >= 4 is 11.7 Å². The number of rotatable bonds is 8. The van der Waals surface area contributed by atoms with E-state index in [2.05, 4.69) is 24.2 Å². The summed E-state index contributed by atoms with van der Waals surface area (Å²) in [4.78, 5) is 17.0. The van der Waals surface area contributed by atoms with E-state index in [1.165, 1.54) is 12.7 Å². The fourth-order valence-corrected chi connectivity index (χ4v) is 2.78. The van der Waals surface area contributed by atoms with Crippen LogP contribution in [0.2, 0.25) is 0 Å². The molecule has 26 heavy (non-hydrogen) atoms. The molecule has 0 aliphatic carbocycles. The van der Waals surface area contributed by atoms with E-state index in [-0.39, 0.29) is 5.92 Å². The van der Waals surface area contributed by atoms with Crippen LogP contribution in [0, 0.1) is 12.8 Å². The third-order valence-corrected chi connectivity index (χ3v) is 4.48. The van der Waals surface area contributed by atoms with Gasteiger partial charge in [0.15, 0.2) is 0 Å². The van der Waals surface area contributed by atoms with Gasteiger partial charge in [-0.2, -0.15) is 0 Å². The van der Waals surface area contributed by atoms with E-state index in [0.717, 1.165) is 30.5 Å². The number of nitrogens with zero attached hydrogens (tertiary/aromatic N) is 1. The van der Waals surface area contributed by atoms with Crippen molar-refractivity contribution in [1.29, 1.82) is 0 Å². The SMILES string of the molecule is COC(=O)C1(C)OCC(CCCCON=C(C)c2cccc(C)c2)CO1. The molecular formula is C20H29NO5. The third-order valence-electron chi connectivity index (χ3n) is 4.48. The minimum absolute atomic E-state index is 0.283. The Morgan fingerprint density at radius 3 is 2.69 bits per heavy atom. The Morgan fingerprint density at radius 1 is 1.31 bits per heavy atom. The molecule has 0 radical (unpaired) electrons. The number of hydrogen-bond acceptors (Lipinski definition) is 6. The Balaban J connectivity index is 1.61. The lowest BCUT2D eigenvalue weighted by Crippen LogP contribution is -2.48. The molecule has 1 aromatic carbocycles. The zero-order valence-electron chi connectivity index (χ0n) is 16.1. The van der Waals surface area contributed by atoms with E-state index in [4.69, 9.17) is 19.0 Å². The number of carbonyl (C=O) groups excluding carboxylic acids is 1. The van der Waals surface area contributed by atoms with Gasteiger partial charge in [-0.05, 0) is 38.7 Å². The third kappa shape index (κ3) is 5.81. The highest BCUT2D eigenvalue weighted by molar-refractivity contribution is 5.98. The lowest BCUT2D eigenvalue weighted by atomic mass is 10.0. The maximum absolute atomic E-state index is 11.6. The molecule has 1 heterocycles. The highest BCUT2D eigenvalue weighted by Crippen LogP contribution is 2.25. The molecule has 0 bridgehead atoms. The Bertz CT molecular complexity index is 620. The number of methoxy groups -OCH3 is 1. The number of benzene rings is 1. The molecule has 0 amide bonds. The average molecular weight is 363 g/mol. The Kier molecular flexibility index (Phi) is 7.60. The number of ether oxygens (including phenoxy) is 3. The first kappa shape index (κ1) is 20.4. The Morgan fingerprint density at radius 2 is 2.04 bits per heavy atom. The van der Waals surface area contributed by atoms with Gasteiger partial charge in [0.2, 0.25) is 0 Å². The number of hydrogen-bond donors (Lipinski definition) is 0. The predicted octanol–water partition coefficient (Wildman–Crippen LogP) is 3.46. The monoisotopic (exact) mass is 363 g/mol. The molecule has 0 N–H and O–H groups in total. The van der Waals surface area contributed by atoms with Gasteiger partial charge in [0, 0.05) is 12.8 Å². The number of carbonyl (C=O) groups is 1. The molecule has 1 saturated heterocycles. The fraction of sp³-hybridized carbons (Fsp3) is 0.600. The normalized spacial score (nSPS) is 23.5. The van der Waals surface area contributed by atoms with Crippen LogP contribution in [0.5, 0.6) is 0 Å². The first-order chi connectivity index (χ1) is 12.4. The summed E-state index contributed by atoms with van der Waals surface area (Å²) in [5.74, 6) is -1.48. The van der Waals surface area contributed by atoms with E-state index in [0.29, 0.717) is 19.8 Å². The van der Waals surface area contributed by atoms with Crippen LogP contribution in [0.25, 0.3) is 0 Å². The van der Waals surface area contributed by atoms with Crippen LogP contribution in [-0.2, 0) is 23.8 Å². The zero-order valence-corrected chi connectivity index (χ0v) is 16.1. The van der Waals surface area contributed by atoms with Crippen molar-refractivity contribution in [3.05, 3.63) is 35.4 Å². The summed E-state index contributed by atoms with van der Waals surface area (Å²) in [6, 6.07) is 8.20. The number of esters is 1. The molecule has 1 aromatic rings. The van der Waals surface area contributed by atoms with Gasteiger partial charge in [0.1, 0.15) is 6.61 Å². The lowest BCUT2D eigenvalue weighted by Gasteiger charge is -2.35. The smallest absolute Gasteiger partial charge is 0.366 e. The second kappa shape index (κ2) is 9.69.